The fourth-order valence-corrected chi connectivity index (χ4v) is 3.88. The molecule has 3 rings (SSSR count). The number of carbonyl (C=O) groups excluding carboxylic acids is 1. The van der Waals surface area contributed by atoms with E-state index < -0.39 is 0 Å². The lowest BCUT2D eigenvalue weighted by Gasteiger charge is -2.38. The molecule has 0 aromatic carbocycles. The Morgan fingerprint density at radius 1 is 1.25 bits per heavy atom. The third-order valence-corrected chi connectivity index (χ3v) is 5.43. The number of likely N-dealkylation sites (N-methyl/N-ethyl adjacent to an activating group) is 1. The molecular weight excluding hydrogens is 300 g/mol. The molecule has 1 aromatic heterocycles. The molecule has 3 heterocycles. The van der Waals surface area contributed by atoms with E-state index in [9.17, 15) is 4.79 Å². The molecule has 0 N–H and O–H groups in total. The topological polar surface area (TPSA) is 39.7 Å². The molecule has 5 nitrogen and oxygen atoms in total. The SMILES string of the molecule is CCc1cnccc1C(=O)N1CCC[C@@H](CN2CCN(C)CC2)C1. The van der Waals surface area contributed by atoms with Gasteiger partial charge in [-0.25, -0.2) is 0 Å². The van der Waals surface area contributed by atoms with Gasteiger partial charge in [-0.1, -0.05) is 6.92 Å². The highest BCUT2D eigenvalue weighted by molar-refractivity contribution is 5.95. The fourth-order valence-electron chi connectivity index (χ4n) is 3.88. The predicted molar refractivity (Wildman–Crippen MR) is 96.2 cm³/mol. The molecule has 2 aliphatic heterocycles. The number of hydrogen-bond acceptors (Lipinski definition) is 4. The molecule has 0 radical (unpaired) electrons. The summed E-state index contributed by atoms with van der Waals surface area (Å²) in [6, 6.07) is 1.88. The molecule has 0 aliphatic carbocycles. The number of amides is 1. The van der Waals surface area contributed by atoms with Crippen LogP contribution in [0.5, 0.6) is 0 Å². The highest BCUT2D eigenvalue weighted by atomic mass is 16.2. The van der Waals surface area contributed by atoms with Crippen LogP contribution in [0.2, 0.25) is 0 Å². The second-order valence-electron chi connectivity index (χ2n) is 7.25. The van der Waals surface area contributed by atoms with Crippen LogP contribution in [0.4, 0.5) is 0 Å². The third kappa shape index (κ3) is 4.14. The van der Waals surface area contributed by atoms with Crippen molar-refractivity contribution in [3.8, 4) is 0 Å². The Kier molecular flexibility index (Phi) is 5.85. The maximum absolute atomic E-state index is 12.9. The monoisotopic (exact) mass is 330 g/mol. The van der Waals surface area contributed by atoms with Crippen molar-refractivity contribution in [2.75, 3.05) is 52.9 Å². The highest BCUT2D eigenvalue weighted by Gasteiger charge is 2.27. The summed E-state index contributed by atoms with van der Waals surface area (Å²) in [4.78, 5) is 24.1. The molecule has 0 saturated carbocycles. The van der Waals surface area contributed by atoms with E-state index in [-0.39, 0.29) is 5.91 Å². The second-order valence-corrected chi connectivity index (χ2v) is 7.25. The number of nitrogens with zero attached hydrogens (tertiary/aromatic N) is 4. The van der Waals surface area contributed by atoms with Crippen LogP contribution in [0, 0.1) is 5.92 Å². The molecule has 1 aromatic rings. The van der Waals surface area contributed by atoms with Crippen LogP contribution in [0.25, 0.3) is 0 Å². The summed E-state index contributed by atoms with van der Waals surface area (Å²) in [5.74, 6) is 0.801. The minimum atomic E-state index is 0.192. The Hall–Kier alpha value is -1.46. The van der Waals surface area contributed by atoms with Gasteiger partial charge in [-0.15, -0.1) is 0 Å². The average molecular weight is 330 g/mol. The van der Waals surface area contributed by atoms with Gasteiger partial charge in [0.2, 0.25) is 0 Å². The molecule has 1 amide bonds. The van der Waals surface area contributed by atoms with Gasteiger partial charge in [0.1, 0.15) is 0 Å². The zero-order valence-electron chi connectivity index (χ0n) is 15.1. The molecule has 132 valence electrons. The van der Waals surface area contributed by atoms with Gasteiger partial charge in [0.25, 0.3) is 5.91 Å². The van der Waals surface area contributed by atoms with Crippen molar-refractivity contribution >= 4 is 5.91 Å². The fraction of sp³-hybridized carbons (Fsp3) is 0.684. The van der Waals surface area contributed by atoms with Gasteiger partial charge in [0.15, 0.2) is 0 Å². The van der Waals surface area contributed by atoms with E-state index in [4.69, 9.17) is 0 Å². The van der Waals surface area contributed by atoms with E-state index in [1.165, 1.54) is 6.42 Å². The van der Waals surface area contributed by atoms with Gasteiger partial charge in [-0.05, 0) is 43.9 Å². The van der Waals surface area contributed by atoms with Crippen LogP contribution >= 0.6 is 0 Å². The minimum Gasteiger partial charge on any atom is -0.338 e. The van der Waals surface area contributed by atoms with Gasteiger partial charge >= 0.3 is 0 Å². The molecule has 24 heavy (non-hydrogen) atoms. The van der Waals surface area contributed by atoms with Gasteiger partial charge in [0.05, 0.1) is 0 Å². The normalized spacial score (nSPS) is 23.4. The first-order valence-corrected chi connectivity index (χ1v) is 9.30. The summed E-state index contributed by atoms with van der Waals surface area (Å²) in [7, 11) is 2.19. The maximum atomic E-state index is 12.9. The van der Waals surface area contributed by atoms with E-state index in [2.05, 4.69) is 33.7 Å². The lowest BCUT2D eigenvalue weighted by molar-refractivity contribution is 0.0608. The van der Waals surface area contributed by atoms with Crippen molar-refractivity contribution in [2.24, 2.45) is 5.92 Å². The van der Waals surface area contributed by atoms with E-state index in [1.54, 1.807) is 6.20 Å². The zero-order valence-corrected chi connectivity index (χ0v) is 15.1. The standard InChI is InChI=1S/C19H30N4O/c1-3-17-13-20-7-6-18(17)19(24)23-8-4-5-16(15-23)14-22-11-9-21(2)10-12-22/h6-7,13,16H,3-5,8-12,14-15H2,1-2H3/t16-/m0/s1. The van der Waals surface area contributed by atoms with Gasteiger partial charge in [-0.2, -0.15) is 0 Å². The van der Waals surface area contributed by atoms with Crippen LogP contribution in [-0.2, 0) is 6.42 Å². The van der Waals surface area contributed by atoms with E-state index in [0.717, 1.165) is 69.8 Å². The van der Waals surface area contributed by atoms with Gasteiger partial charge in [0, 0.05) is 63.8 Å². The summed E-state index contributed by atoms with van der Waals surface area (Å²) < 4.78 is 0. The largest absolute Gasteiger partial charge is 0.338 e. The summed E-state index contributed by atoms with van der Waals surface area (Å²) in [5.41, 5.74) is 1.90. The smallest absolute Gasteiger partial charge is 0.254 e. The third-order valence-electron chi connectivity index (χ3n) is 5.43. The highest BCUT2D eigenvalue weighted by Crippen LogP contribution is 2.21. The molecule has 2 saturated heterocycles. The Labute approximate surface area is 145 Å². The lowest BCUT2D eigenvalue weighted by Crippen LogP contribution is -2.49. The van der Waals surface area contributed by atoms with Crippen molar-refractivity contribution in [3.05, 3.63) is 29.6 Å². The van der Waals surface area contributed by atoms with E-state index in [1.807, 2.05) is 12.3 Å². The molecule has 5 heteroatoms. The lowest BCUT2D eigenvalue weighted by atomic mass is 9.96. The second kappa shape index (κ2) is 8.08. The van der Waals surface area contributed by atoms with E-state index in [0.29, 0.717) is 5.92 Å². The summed E-state index contributed by atoms with van der Waals surface area (Å²) >= 11 is 0. The number of piperazine rings is 1. The average Bonchev–Trinajstić information content (AvgIpc) is 2.63. The number of aromatic nitrogens is 1. The first kappa shape index (κ1) is 17.4. The summed E-state index contributed by atoms with van der Waals surface area (Å²) in [6.07, 6.45) is 6.79. The molecule has 0 unspecified atom stereocenters. The Morgan fingerprint density at radius 3 is 2.79 bits per heavy atom. The zero-order chi connectivity index (χ0) is 16.9. The first-order valence-electron chi connectivity index (χ1n) is 9.30. The first-order chi connectivity index (χ1) is 11.7. The van der Waals surface area contributed by atoms with Gasteiger partial charge in [-0.3, -0.25) is 9.78 Å². The Bertz CT molecular complexity index is 554. The van der Waals surface area contributed by atoms with Crippen molar-refractivity contribution in [2.45, 2.75) is 26.2 Å². The van der Waals surface area contributed by atoms with Crippen LogP contribution in [-0.4, -0.2) is 78.5 Å². The maximum Gasteiger partial charge on any atom is 0.254 e. The van der Waals surface area contributed by atoms with Crippen LogP contribution in [0.15, 0.2) is 18.5 Å². The number of hydrogen-bond donors (Lipinski definition) is 0. The van der Waals surface area contributed by atoms with Crippen molar-refractivity contribution in [3.63, 3.8) is 0 Å². The van der Waals surface area contributed by atoms with E-state index >= 15 is 0 Å². The number of likely N-dealkylation sites (tertiary alicyclic amines) is 1. The Balaban J connectivity index is 1.59. The Morgan fingerprint density at radius 2 is 2.04 bits per heavy atom. The van der Waals surface area contributed by atoms with Crippen molar-refractivity contribution in [1.82, 2.24) is 19.7 Å². The van der Waals surface area contributed by atoms with Crippen LogP contribution in [0.3, 0.4) is 0 Å². The molecule has 2 aliphatic rings. The van der Waals surface area contributed by atoms with Crippen LogP contribution < -0.4 is 0 Å². The predicted octanol–water partition coefficient (Wildman–Crippen LogP) is 1.74. The number of carbonyl (C=O) groups is 1. The minimum absolute atomic E-state index is 0.192. The van der Waals surface area contributed by atoms with Gasteiger partial charge < -0.3 is 14.7 Å². The summed E-state index contributed by atoms with van der Waals surface area (Å²) in [6.45, 7) is 9.64. The number of pyridine rings is 1. The number of piperidine rings is 1. The molecular formula is C19H30N4O. The molecule has 1 atom stereocenters. The van der Waals surface area contributed by atoms with Crippen LogP contribution in [0.1, 0.15) is 35.7 Å². The molecule has 0 spiro atoms. The molecule has 0 bridgehead atoms. The summed E-state index contributed by atoms with van der Waals surface area (Å²) in [5, 5.41) is 0. The van der Waals surface area contributed by atoms with Crippen molar-refractivity contribution < 1.29 is 4.79 Å². The number of rotatable bonds is 4. The quantitative estimate of drug-likeness (QED) is 0.843. The number of aryl methyl sites for hydroxylation is 1. The molecule has 2 fully saturated rings. The van der Waals surface area contributed by atoms with Crippen molar-refractivity contribution in [1.29, 1.82) is 0 Å².